The van der Waals surface area contributed by atoms with Gasteiger partial charge in [0.1, 0.15) is 12.1 Å². The maximum atomic E-state index is 6.50. The lowest BCUT2D eigenvalue weighted by Gasteiger charge is -2.11. The van der Waals surface area contributed by atoms with Gasteiger partial charge in [0.25, 0.3) is 0 Å². The third-order valence-electron chi connectivity index (χ3n) is 3.37. The van der Waals surface area contributed by atoms with Gasteiger partial charge in [0.05, 0.1) is 19.1 Å². The summed E-state index contributed by atoms with van der Waals surface area (Å²) < 4.78 is 10.6. The minimum Gasteiger partial charge on any atom is -0.493 e. The second-order valence-electron chi connectivity index (χ2n) is 4.69. The van der Waals surface area contributed by atoms with Crippen LogP contribution in [-0.4, -0.2) is 23.7 Å². The Bertz CT molecular complexity index is 619. The molecule has 2 aromatic rings. The molecule has 1 aromatic heterocycles. The minimum absolute atomic E-state index is 0.125. The molecule has 0 amide bonds. The standard InChI is InChI=1S/C15H15ClN2O2/c1-19-15-8-12(17-9-18-15)7-13(16)10-2-3-14-11(6-10)4-5-20-14/h2-3,6,8-9,13H,4-5,7H2,1H3. The van der Waals surface area contributed by atoms with Crippen LogP contribution in [0.1, 0.15) is 22.2 Å². The summed E-state index contributed by atoms with van der Waals surface area (Å²) >= 11 is 6.50. The lowest BCUT2D eigenvalue weighted by molar-refractivity contribution is 0.357. The Hall–Kier alpha value is -1.81. The van der Waals surface area contributed by atoms with E-state index in [0.29, 0.717) is 12.3 Å². The minimum atomic E-state index is -0.125. The van der Waals surface area contributed by atoms with Crippen molar-refractivity contribution in [1.82, 2.24) is 9.97 Å². The molecule has 0 fully saturated rings. The number of halogens is 1. The number of methoxy groups -OCH3 is 1. The van der Waals surface area contributed by atoms with Crippen molar-refractivity contribution >= 4 is 11.6 Å². The second-order valence-corrected chi connectivity index (χ2v) is 5.22. The lowest BCUT2D eigenvalue weighted by Crippen LogP contribution is -2.00. The maximum Gasteiger partial charge on any atom is 0.216 e. The summed E-state index contributed by atoms with van der Waals surface area (Å²) in [7, 11) is 1.59. The number of hydrogen-bond acceptors (Lipinski definition) is 4. The van der Waals surface area contributed by atoms with Gasteiger partial charge in [-0.3, -0.25) is 0 Å². The summed E-state index contributed by atoms with van der Waals surface area (Å²) in [5.74, 6) is 1.53. The third kappa shape index (κ3) is 2.70. The maximum absolute atomic E-state index is 6.50. The van der Waals surface area contributed by atoms with Gasteiger partial charge >= 0.3 is 0 Å². The zero-order chi connectivity index (χ0) is 13.9. The summed E-state index contributed by atoms with van der Waals surface area (Å²) in [6.07, 6.45) is 3.09. The monoisotopic (exact) mass is 290 g/mol. The van der Waals surface area contributed by atoms with Gasteiger partial charge in [0.15, 0.2) is 0 Å². The van der Waals surface area contributed by atoms with Crippen LogP contribution in [0.25, 0.3) is 0 Å². The number of hydrogen-bond donors (Lipinski definition) is 0. The highest BCUT2D eigenvalue weighted by Crippen LogP contribution is 2.31. The Kier molecular flexibility index (Phi) is 3.74. The first-order valence-corrected chi connectivity index (χ1v) is 6.94. The highest BCUT2D eigenvalue weighted by molar-refractivity contribution is 6.20. The Morgan fingerprint density at radius 1 is 1.35 bits per heavy atom. The van der Waals surface area contributed by atoms with Crippen LogP contribution in [0.2, 0.25) is 0 Å². The van der Waals surface area contributed by atoms with Crippen LogP contribution >= 0.6 is 11.6 Å². The topological polar surface area (TPSA) is 44.2 Å². The smallest absolute Gasteiger partial charge is 0.216 e. The molecule has 5 heteroatoms. The first-order chi connectivity index (χ1) is 9.76. The first kappa shape index (κ1) is 13.2. The van der Waals surface area contributed by atoms with Crippen molar-refractivity contribution in [2.24, 2.45) is 0 Å². The molecule has 4 nitrogen and oxygen atoms in total. The van der Waals surface area contributed by atoms with Crippen LogP contribution in [0.3, 0.4) is 0 Å². The number of fused-ring (bicyclic) bond motifs is 1. The zero-order valence-corrected chi connectivity index (χ0v) is 11.9. The van der Waals surface area contributed by atoms with Gasteiger partial charge in [-0.2, -0.15) is 0 Å². The van der Waals surface area contributed by atoms with Gasteiger partial charge in [0, 0.05) is 24.6 Å². The van der Waals surface area contributed by atoms with E-state index in [1.807, 2.05) is 18.2 Å². The molecule has 0 saturated heterocycles. The molecule has 2 heterocycles. The van der Waals surface area contributed by atoms with Crippen LogP contribution < -0.4 is 9.47 Å². The number of ether oxygens (including phenoxy) is 2. The molecule has 3 rings (SSSR count). The summed E-state index contributed by atoms with van der Waals surface area (Å²) in [6.45, 7) is 0.759. The highest BCUT2D eigenvalue weighted by atomic mass is 35.5. The van der Waals surface area contributed by atoms with Crippen molar-refractivity contribution in [2.45, 2.75) is 18.2 Å². The van der Waals surface area contributed by atoms with Crippen LogP contribution in [0.15, 0.2) is 30.6 Å². The molecule has 1 aliphatic rings. The molecular weight excluding hydrogens is 276 g/mol. The van der Waals surface area contributed by atoms with E-state index in [1.54, 1.807) is 7.11 Å². The van der Waals surface area contributed by atoms with E-state index in [1.165, 1.54) is 11.9 Å². The predicted molar refractivity (Wildman–Crippen MR) is 76.5 cm³/mol. The largest absolute Gasteiger partial charge is 0.493 e. The van der Waals surface area contributed by atoms with Crippen molar-refractivity contribution in [1.29, 1.82) is 0 Å². The fraction of sp³-hybridized carbons (Fsp3) is 0.333. The fourth-order valence-electron chi connectivity index (χ4n) is 2.30. The normalized spacial score (nSPS) is 14.5. The number of nitrogens with zero attached hydrogens (tertiary/aromatic N) is 2. The van der Waals surface area contributed by atoms with E-state index in [2.05, 4.69) is 16.0 Å². The predicted octanol–water partition coefficient (Wildman–Crippen LogP) is 2.94. The number of benzene rings is 1. The van der Waals surface area contributed by atoms with Gasteiger partial charge in [-0.05, 0) is 17.2 Å². The van der Waals surface area contributed by atoms with Gasteiger partial charge in [-0.1, -0.05) is 12.1 Å². The van der Waals surface area contributed by atoms with E-state index in [0.717, 1.165) is 30.0 Å². The molecule has 0 aliphatic carbocycles. The summed E-state index contributed by atoms with van der Waals surface area (Å²) in [6, 6.07) is 7.94. The van der Waals surface area contributed by atoms with E-state index in [4.69, 9.17) is 21.1 Å². The zero-order valence-electron chi connectivity index (χ0n) is 11.2. The molecule has 0 spiro atoms. The molecule has 0 bridgehead atoms. The van der Waals surface area contributed by atoms with Gasteiger partial charge in [0.2, 0.25) is 5.88 Å². The first-order valence-electron chi connectivity index (χ1n) is 6.51. The van der Waals surface area contributed by atoms with Crippen molar-refractivity contribution < 1.29 is 9.47 Å². The molecule has 1 unspecified atom stereocenters. The van der Waals surface area contributed by atoms with E-state index >= 15 is 0 Å². The molecule has 0 saturated carbocycles. The second kappa shape index (κ2) is 5.67. The summed E-state index contributed by atoms with van der Waals surface area (Å²) in [4.78, 5) is 8.22. The molecular formula is C15H15ClN2O2. The molecule has 1 aromatic carbocycles. The van der Waals surface area contributed by atoms with E-state index in [-0.39, 0.29) is 5.38 Å². The lowest BCUT2D eigenvalue weighted by atomic mass is 10.0. The average Bonchev–Trinajstić information content (AvgIpc) is 2.94. The van der Waals surface area contributed by atoms with Crippen molar-refractivity contribution in [3.63, 3.8) is 0 Å². The Morgan fingerprint density at radius 3 is 3.10 bits per heavy atom. The van der Waals surface area contributed by atoms with Crippen molar-refractivity contribution in [3.05, 3.63) is 47.4 Å². The van der Waals surface area contributed by atoms with Crippen LogP contribution in [0, 0.1) is 0 Å². The van der Waals surface area contributed by atoms with Crippen LogP contribution in [0.4, 0.5) is 0 Å². The number of alkyl halides is 1. The Morgan fingerprint density at radius 2 is 2.25 bits per heavy atom. The van der Waals surface area contributed by atoms with Gasteiger partial charge in [-0.25, -0.2) is 9.97 Å². The van der Waals surface area contributed by atoms with Gasteiger partial charge < -0.3 is 9.47 Å². The van der Waals surface area contributed by atoms with E-state index < -0.39 is 0 Å². The molecule has 0 radical (unpaired) electrons. The van der Waals surface area contributed by atoms with Gasteiger partial charge in [-0.15, -0.1) is 11.6 Å². The van der Waals surface area contributed by atoms with Crippen LogP contribution in [0.5, 0.6) is 11.6 Å². The SMILES string of the molecule is COc1cc(CC(Cl)c2ccc3c(c2)CCO3)ncn1. The summed E-state index contributed by atoms with van der Waals surface area (Å²) in [5, 5.41) is -0.125. The quantitative estimate of drug-likeness (QED) is 0.812. The average molecular weight is 291 g/mol. The molecule has 0 N–H and O–H groups in total. The van der Waals surface area contributed by atoms with E-state index in [9.17, 15) is 0 Å². The molecule has 104 valence electrons. The molecule has 1 atom stereocenters. The highest BCUT2D eigenvalue weighted by Gasteiger charge is 2.16. The number of aromatic nitrogens is 2. The summed E-state index contributed by atoms with van der Waals surface area (Å²) in [5.41, 5.74) is 3.19. The molecule has 20 heavy (non-hydrogen) atoms. The number of rotatable bonds is 4. The third-order valence-corrected chi connectivity index (χ3v) is 3.78. The molecule has 1 aliphatic heterocycles. The van der Waals surface area contributed by atoms with Crippen molar-refractivity contribution in [3.8, 4) is 11.6 Å². The van der Waals surface area contributed by atoms with Crippen LogP contribution in [-0.2, 0) is 12.8 Å². The fourth-order valence-corrected chi connectivity index (χ4v) is 2.60. The Balaban J connectivity index is 1.77. The Labute approximate surface area is 122 Å². The van der Waals surface area contributed by atoms with Crippen molar-refractivity contribution in [2.75, 3.05) is 13.7 Å².